The summed E-state index contributed by atoms with van der Waals surface area (Å²) in [5.41, 5.74) is -0.549. The third-order valence-electron chi connectivity index (χ3n) is 6.74. The minimum Gasteiger partial charge on any atom is -0.496 e. The van der Waals surface area contributed by atoms with E-state index in [1.165, 1.54) is 17.4 Å². The molecule has 0 saturated carbocycles. The van der Waals surface area contributed by atoms with Crippen LogP contribution in [0.15, 0.2) is 42.5 Å². The third kappa shape index (κ3) is 5.12. The molecular formula is C25H25F3N4O3S. The highest BCUT2D eigenvalue weighted by molar-refractivity contribution is 7.20. The van der Waals surface area contributed by atoms with Crippen molar-refractivity contribution in [3.63, 3.8) is 0 Å². The van der Waals surface area contributed by atoms with Gasteiger partial charge in [0.2, 0.25) is 0 Å². The van der Waals surface area contributed by atoms with E-state index in [0.717, 1.165) is 61.8 Å². The average Bonchev–Trinajstić information content (AvgIpc) is 3.28. The molecule has 0 aliphatic carbocycles. The molecule has 1 aromatic heterocycles. The fourth-order valence-electron chi connectivity index (χ4n) is 4.89. The molecule has 0 radical (unpaired) electrons. The number of anilines is 2. The molecule has 7 nitrogen and oxygen atoms in total. The number of hydrogen-bond acceptors (Lipinski definition) is 5. The number of hydrogen-bond donors (Lipinski definition) is 3. The Bertz CT molecular complexity index is 1300. The lowest BCUT2D eigenvalue weighted by atomic mass is 9.84. The van der Waals surface area contributed by atoms with E-state index in [9.17, 15) is 22.8 Å². The lowest BCUT2D eigenvalue weighted by Crippen LogP contribution is -2.57. The van der Waals surface area contributed by atoms with Crippen molar-refractivity contribution in [1.29, 1.82) is 0 Å². The van der Waals surface area contributed by atoms with E-state index in [2.05, 4.69) is 20.9 Å². The van der Waals surface area contributed by atoms with Crippen molar-refractivity contribution in [2.45, 2.75) is 25.1 Å². The van der Waals surface area contributed by atoms with Crippen LogP contribution in [0.5, 0.6) is 5.75 Å². The lowest BCUT2D eigenvalue weighted by Gasteiger charge is -2.44. The van der Waals surface area contributed by atoms with Crippen LogP contribution in [-0.2, 0) is 6.18 Å². The highest BCUT2D eigenvalue weighted by Gasteiger charge is 2.36. The average molecular weight is 519 g/mol. The number of fused-ring (bicyclic) bond motifs is 4. The maximum absolute atomic E-state index is 13.2. The molecule has 6 rings (SSSR count). The zero-order valence-electron chi connectivity index (χ0n) is 19.4. The Hall–Kier alpha value is -3.31. The normalized spacial score (nSPS) is 21.3. The summed E-state index contributed by atoms with van der Waals surface area (Å²) in [5.74, 6) is 0.104. The van der Waals surface area contributed by atoms with Gasteiger partial charge in [0, 0.05) is 28.7 Å². The molecule has 0 spiro atoms. The number of alkyl halides is 3. The molecule has 3 aliphatic heterocycles. The van der Waals surface area contributed by atoms with Crippen molar-refractivity contribution in [2.24, 2.45) is 5.92 Å². The largest absolute Gasteiger partial charge is 0.496 e. The van der Waals surface area contributed by atoms with Crippen molar-refractivity contribution < 1.29 is 27.5 Å². The summed E-state index contributed by atoms with van der Waals surface area (Å²) in [6.07, 6.45) is -2.40. The number of nitrogens with zero attached hydrogens (tertiary/aromatic N) is 1. The topological polar surface area (TPSA) is 82.7 Å². The van der Waals surface area contributed by atoms with Gasteiger partial charge in [0.25, 0.3) is 5.91 Å². The summed E-state index contributed by atoms with van der Waals surface area (Å²) >= 11 is 1.33. The monoisotopic (exact) mass is 518 g/mol. The standard InChI is InChI=1S/C25H25F3N4O3S/c1-35-20-5-4-16(11-18(20)25(26,27)28)29-24(34)30-17-3-2-15-10-22(36-21(15)12-17)23(33)31-19-13-32-8-6-14(19)7-9-32/h2-5,10-12,14,19H,6-9,13H2,1H3,(H,31,33)(H2,29,30,34). The predicted molar refractivity (Wildman–Crippen MR) is 133 cm³/mol. The van der Waals surface area contributed by atoms with Gasteiger partial charge in [-0.05, 0) is 73.6 Å². The van der Waals surface area contributed by atoms with Gasteiger partial charge in [0.1, 0.15) is 5.75 Å². The van der Waals surface area contributed by atoms with Gasteiger partial charge in [-0.25, -0.2) is 4.79 Å². The fourth-order valence-corrected chi connectivity index (χ4v) is 5.89. The number of piperidine rings is 3. The molecule has 3 aliphatic rings. The Labute approximate surface area is 209 Å². The van der Waals surface area contributed by atoms with Crippen LogP contribution in [0.1, 0.15) is 28.1 Å². The Balaban J connectivity index is 1.25. The zero-order chi connectivity index (χ0) is 25.4. The van der Waals surface area contributed by atoms with Crippen LogP contribution in [0.2, 0.25) is 0 Å². The first-order valence-corrected chi connectivity index (χ1v) is 12.4. The second kappa shape index (κ2) is 9.62. The number of carbonyl (C=O) groups is 2. The van der Waals surface area contributed by atoms with E-state index in [-0.39, 0.29) is 23.4 Å². The number of thiophene rings is 1. The van der Waals surface area contributed by atoms with Crippen LogP contribution in [0, 0.1) is 5.92 Å². The van der Waals surface area contributed by atoms with Crippen LogP contribution in [0.4, 0.5) is 29.3 Å². The highest BCUT2D eigenvalue weighted by atomic mass is 32.1. The minimum absolute atomic E-state index is 0.0236. The van der Waals surface area contributed by atoms with Gasteiger partial charge in [0.15, 0.2) is 0 Å². The summed E-state index contributed by atoms with van der Waals surface area (Å²) in [6.45, 7) is 3.10. The molecule has 4 heterocycles. The van der Waals surface area contributed by atoms with Gasteiger partial charge in [0.05, 0.1) is 17.6 Å². The summed E-state index contributed by atoms with van der Waals surface area (Å²) in [5, 5.41) is 9.10. The molecule has 3 saturated heterocycles. The molecule has 190 valence electrons. The van der Waals surface area contributed by atoms with Gasteiger partial charge >= 0.3 is 12.2 Å². The first-order chi connectivity index (χ1) is 17.2. The second-order valence-corrected chi connectivity index (χ2v) is 10.2. The predicted octanol–water partition coefficient (Wildman–Crippen LogP) is 5.40. The molecule has 11 heteroatoms. The van der Waals surface area contributed by atoms with Crippen molar-refractivity contribution >= 4 is 44.7 Å². The van der Waals surface area contributed by atoms with E-state index < -0.39 is 17.8 Å². The van der Waals surface area contributed by atoms with Crippen molar-refractivity contribution in [2.75, 3.05) is 37.4 Å². The molecule has 1 atom stereocenters. The van der Waals surface area contributed by atoms with E-state index in [1.807, 2.05) is 6.07 Å². The molecular weight excluding hydrogens is 493 g/mol. The van der Waals surface area contributed by atoms with Crippen molar-refractivity contribution in [1.82, 2.24) is 10.2 Å². The summed E-state index contributed by atoms with van der Waals surface area (Å²) < 4.78 is 45.3. The third-order valence-corrected chi connectivity index (χ3v) is 7.83. The first kappa shape index (κ1) is 24.4. The lowest BCUT2D eigenvalue weighted by molar-refractivity contribution is -0.138. The van der Waals surface area contributed by atoms with E-state index >= 15 is 0 Å². The number of halogens is 3. The fraction of sp³-hybridized carbons (Fsp3) is 0.360. The number of amides is 3. The Kier molecular flexibility index (Phi) is 6.52. The quantitative estimate of drug-likeness (QED) is 0.423. The maximum Gasteiger partial charge on any atom is 0.420 e. The Morgan fingerprint density at radius 3 is 2.36 bits per heavy atom. The summed E-state index contributed by atoms with van der Waals surface area (Å²) in [6, 6.07) is 9.82. The molecule has 3 aromatic rings. The van der Waals surface area contributed by atoms with Crippen LogP contribution >= 0.6 is 11.3 Å². The van der Waals surface area contributed by atoms with Gasteiger partial charge in [-0.2, -0.15) is 13.2 Å². The molecule has 3 amide bonds. The molecule has 36 heavy (non-hydrogen) atoms. The van der Waals surface area contributed by atoms with Crippen LogP contribution in [-0.4, -0.2) is 49.6 Å². The molecule has 3 fully saturated rings. The first-order valence-electron chi connectivity index (χ1n) is 11.6. The van der Waals surface area contributed by atoms with Crippen LogP contribution < -0.4 is 20.7 Å². The number of rotatable bonds is 5. The van der Waals surface area contributed by atoms with Gasteiger partial charge < -0.3 is 25.6 Å². The smallest absolute Gasteiger partial charge is 0.420 e. The van der Waals surface area contributed by atoms with Crippen LogP contribution in [0.25, 0.3) is 10.1 Å². The number of carbonyl (C=O) groups excluding carboxylic acids is 2. The van der Waals surface area contributed by atoms with Crippen molar-refractivity contribution in [3.05, 3.63) is 52.9 Å². The number of methoxy groups -OCH3 is 1. The number of nitrogens with one attached hydrogen (secondary N) is 3. The van der Waals surface area contributed by atoms with E-state index in [1.54, 1.807) is 18.2 Å². The molecule has 3 N–H and O–H groups in total. The minimum atomic E-state index is -4.62. The maximum atomic E-state index is 13.2. The summed E-state index contributed by atoms with van der Waals surface area (Å²) in [7, 11) is 1.15. The SMILES string of the molecule is COc1ccc(NC(=O)Nc2ccc3cc(C(=O)NC4CN5CCC4CC5)sc3c2)cc1C(F)(F)F. The Morgan fingerprint density at radius 1 is 1.03 bits per heavy atom. The number of benzene rings is 2. The number of urea groups is 1. The zero-order valence-corrected chi connectivity index (χ0v) is 20.3. The Morgan fingerprint density at radius 2 is 1.72 bits per heavy atom. The van der Waals surface area contributed by atoms with Gasteiger partial charge in [-0.15, -0.1) is 11.3 Å². The molecule has 2 bridgehead atoms. The van der Waals surface area contributed by atoms with Gasteiger partial charge in [-0.3, -0.25) is 4.79 Å². The number of ether oxygens (including phenoxy) is 1. The molecule has 1 unspecified atom stereocenters. The molecule has 2 aromatic carbocycles. The van der Waals surface area contributed by atoms with E-state index in [4.69, 9.17) is 4.74 Å². The van der Waals surface area contributed by atoms with E-state index in [0.29, 0.717) is 16.5 Å². The summed E-state index contributed by atoms with van der Waals surface area (Å²) in [4.78, 5) is 28.3. The second-order valence-electron chi connectivity index (χ2n) is 9.07. The van der Waals surface area contributed by atoms with Gasteiger partial charge in [-0.1, -0.05) is 6.07 Å². The van der Waals surface area contributed by atoms with Crippen molar-refractivity contribution in [3.8, 4) is 5.75 Å². The van der Waals surface area contributed by atoms with Crippen LogP contribution in [0.3, 0.4) is 0 Å². The highest BCUT2D eigenvalue weighted by Crippen LogP contribution is 2.38.